The first-order valence-electron chi connectivity index (χ1n) is 9.54. The summed E-state index contributed by atoms with van der Waals surface area (Å²) in [7, 11) is 1.63. The quantitative estimate of drug-likeness (QED) is 0.314. The predicted octanol–water partition coefficient (Wildman–Crippen LogP) is 5.62. The molecule has 0 bridgehead atoms. The average Bonchev–Trinajstić information content (AvgIpc) is 3.26. The summed E-state index contributed by atoms with van der Waals surface area (Å²) in [5.74, 6) is 0.186. The molecule has 0 radical (unpaired) electrons. The molecule has 3 aromatic carbocycles. The van der Waals surface area contributed by atoms with Crippen molar-refractivity contribution in [2.75, 3.05) is 12.4 Å². The number of carbonyl (C=O) groups is 1. The van der Waals surface area contributed by atoms with E-state index in [4.69, 9.17) is 4.74 Å². The summed E-state index contributed by atoms with van der Waals surface area (Å²) in [6.07, 6.45) is 0. The molecule has 7 nitrogen and oxygen atoms in total. The van der Waals surface area contributed by atoms with E-state index in [-0.39, 0.29) is 11.6 Å². The maximum atomic E-state index is 12.8. The van der Waals surface area contributed by atoms with E-state index in [1.807, 2.05) is 43.3 Å². The molecule has 1 heterocycles. The molecule has 0 aliphatic heterocycles. The number of hydrogen-bond donors (Lipinski definition) is 1. The van der Waals surface area contributed by atoms with Crippen LogP contribution in [-0.2, 0) is 4.79 Å². The molecule has 0 fully saturated rings. The number of nitro benzene ring substituents is 1. The van der Waals surface area contributed by atoms with Crippen LogP contribution in [0.25, 0.3) is 22.0 Å². The number of nitro groups is 1. The molecule has 0 spiro atoms. The molecule has 31 heavy (non-hydrogen) atoms. The number of rotatable bonds is 6. The second-order valence-corrected chi connectivity index (χ2v) is 7.85. The van der Waals surface area contributed by atoms with Gasteiger partial charge in [-0.3, -0.25) is 14.9 Å². The van der Waals surface area contributed by atoms with Gasteiger partial charge in [0.25, 0.3) is 5.69 Å². The number of aromatic nitrogens is 1. The van der Waals surface area contributed by atoms with Crippen molar-refractivity contribution in [1.29, 1.82) is 0 Å². The summed E-state index contributed by atoms with van der Waals surface area (Å²) < 4.78 is 5.25. The molecule has 0 aliphatic rings. The van der Waals surface area contributed by atoms with Gasteiger partial charge in [0, 0.05) is 11.4 Å². The van der Waals surface area contributed by atoms with E-state index in [2.05, 4.69) is 10.3 Å². The van der Waals surface area contributed by atoms with E-state index in [9.17, 15) is 14.9 Å². The molecule has 4 aromatic rings. The topological polar surface area (TPSA) is 94.4 Å². The fourth-order valence-corrected chi connectivity index (χ4v) is 4.02. The van der Waals surface area contributed by atoms with E-state index in [1.165, 1.54) is 17.4 Å². The normalized spacial score (nSPS) is 11.8. The van der Waals surface area contributed by atoms with Crippen molar-refractivity contribution in [3.05, 3.63) is 81.7 Å². The number of para-hydroxylation sites is 1. The summed E-state index contributed by atoms with van der Waals surface area (Å²) >= 11 is 1.23. The maximum Gasteiger partial charge on any atom is 0.278 e. The third-order valence-electron chi connectivity index (χ3n) is 5.08. The smallest absolute Gasteiger partial charge is 0.278 e. The molecule has 156 valence electrons. The van der Waals surface area contributed by atoms with E-state index in [1.54, 1.807) is 30.7 Å². The van der Waals surface area contributed by atoms with Gasteiger partial charge in [0.05, 0.1) is 29.2 Å². The predicted molar refractivity (Wildman–Crippen MR) is 122 cm³/mol. The Hall–Kier alpha value is -3.78. The van der Waals surface area contributed by atoms with Crippen LogP contribution in [0.2, 0.25) is 0 Å². The van der Waals surface area contributed by atoms with Crippen LogP contribution in [0.4, 0.5) is 10.8 Å². The van der Waals surface area contributed by atoms with Gasteiger partial charge in [-0.2, -0.15) is 0 Å². The standard InChI is InChI=1S/C23H19N3O4S/c1-14(15-7-8-17-12-18(30-2)10-9-16(17)11-15)22(27)25-23-24-20(13-31-23)19-5-3-4-6-21(19)26(28)29/h3-14H,1-2H3,(H,24,25,27). The Labute approximate surface area is 182 Å². The van der Waals surface area contributed by atoms with Gasteiger partial charge < -0.3 is 10.1 Å². The Kier molecular flexibility index (Phi) is 5.64. The van der Waals surface area contributed by atoms with Crippen LogP contribution >= 0.6 is 11.3 Å². The fourth-order valence-electron chi connectivity index (χ4n) is 3.31. The first-order chi connectivity index (χ1) is 15.0. The van der Waals surface area contributed by atoms with Gasteiger partial charge in [0.2, 0.25) is 5.91 Å². The number of ether oxygens (including phenoxy) is 1. The maximum absolute atomic E-state index is 12.8. The van der Waals surface area contributed by atoms with Crippen molar-refractivity contribution in [3.8, 4) is 17.0 Å². The zero-order valence-electron chi connectivity index (χ0n) is 16.9. The van der Waals surface area contributed by atoms with Crippen molar-refractivity contribution in [2.45, 2.75) is 12.8 Å². The van der Waals surface area contributed by atoms with Crippen molar-refractivity contribution in [2.24, 2.45) is 0 Å². The number of fused-ring (bicyclic) bond motifs is 1. The highest BCUT2D eigenvalue weighted by molar-refractivity contribution is 7.14. The number of nitrogens with one attached hydrogen (secondary N) is 1. The molecule has 1 unspecified atom stereocenters. The lowest BCUT2D eigenvalue weighted by molar-refractivity contribution is -0.384. The Morgan fingerprint density at radius 1 is 1.13 bits per heavy atom. The van der Waals surface area contributed by atoms with Gasteiger partial charge in [0.15, 0.2) is 5.13 Å². The number of benzene rings is 3. The Morgan fingerprint density at radius 3 is 2.65 bits per heavy atom. The van der Waals surface area contributed by atoms with E-state index < -0.39 is 10.8 Å². The number of thiazole rings is 1. The Balaban J connectivity index is 1.52. The van der Waals surface area contributed by atoms with Gasteiger partial charge in [-0.25, -0.2) is 4.98 Å². The largest absolute Gasteiger partial charge is 0.497 e. The Morgan fingerprint density at radius 2 is 1.87 bits per heavy atom. The zero-order chi connectivity index (χ0) is 22.0. The summed E-state index contributed by atoms with van der Waals surface area (Å²) in [6, 6.07) is 18.1. The molecule has 0 aliphatic carbocycles. The van der Waals surface area contributed by atoms with Crippen LogP contribution in [0, 0.1) is 10.1 Å². The molecule has 1 atom stereocenters. The van der Waals surface area contributed by atoms with Gasteiger partial charge in [-0.1, -0.05) is 36.4 Å². The molecule has 8 heteroatoms. The third-order valence-corrected chi connectivity index (χ3v) is 5.83. The SMILES string of the molecule is COc1ccc2cc(C(C)C(=O)Nc3nc(-c4ccccc4[N+](=O)[O-])cs3)ccc2c1. The number of carbonyl (C=O) groups excluding carboxylic acids is 1. The van der Waals surface area contributed by atoms with Crippen molar-refractivity contribution in [3.63, 3.8) is 0 Å². The third kappa shape index (κ3) is 4.24. The number of hydrogen-bond acceptors (Lipinski definition) is 6. The lowest BCUT2D eigenvalue weighted by Gasteiger charge is -2.12. The summed E-state index contributed by atoms with van der Waals surface area (Å²) in [5.41, 5.74) is 1.74. The van der Waals surface area contributed by atoms with Gasteiger partial charge in [-0.15, -0.1) is 11.3 Å². The van der Waals surface area contributed by atoms with Gasteiger partial charge in [-0.05, 0) is 41.5 Å². The zero-order valence-corrected chi connectivity index (χ0v) is 17.7. The van der Waals surface area contributed by atoms with Crippen LogP contribution in [0.3, 0.4) is 0 Å². The molecule has 1 aromatic heterocycles. The van der Waals surface area contributed by atoms with Gasteiger partial charge in [0.1, 0.15) is 5.75 Å². The number of nitrogens with zero attached hydrogens (tertiary/aromatic N) is 2. The van der Waals surface area contributed by atoms with Crippen molar-refractivity contribution >= 4 is 38.8 Å². The summed E-state index contributed by atoms with van der Waals surface area (Å²) in [5, 5.41) is 18.2. The van der Waals surface area contributed by atoms with Crippen LogP contribution < -0.4 is 10.1 Å². The average molecular weight is 433 g/mol. The lowest BCUT2D eigenvalue weighted by atomic mass is 9.97. The first-order valence-corrected chi connectivity index (χ1v) is 10.4. The van der Waals surface area contributed by atoms with Crippen LogP contribution in [0.1, 0.15) is 18.4 Å². The summed E-state index contributed by atoms with van der Waals surface area (Å²) in [4.78, 5) is 28.0. The minimum Gasteiger partial charge on any atom is -0.497 e. The fraction of sp³-hybridized carbons (Fsp3) is 0.130. The number of methoxy groups -OCH3 is 1. The minimum atomic E-state index is -0.440. The molecule has 1 N–H and O–H groups in total. The molecule has 0 saturated heterocycles. The van der Waals surface area contributed by atoms with Crippen LogP contribution in [-0.4, -0.2) is 22.9 Å². The van der Waals surface area contributed by atoms with Crippen LogP contribution in [0.15, 0.2) is 66.0 Å². The Bertz CT molecular complexity index is 1280. The second-order valence-electron chi connectivity index (χ2n) is 7.00. The highest BCUT2D eigenvalue weighted by Gasteiger charge is 2.20. The molecule has 0 saturated carbocycles. The van der Waals surface area contributed by atoms with Crippen molar-refractivity contribution in [1.82, 2.24) is 4.98 Å². The monoisotopic (exact) mass is 433 g/mol. The highest BCUT2D eigenvalue weighted by Crippen LogP contribution is 2.32. The first kappa shape index (κ1) is 20.5. The summed E-state index contributed by atoms with van der Waals surface area (Å²) in [6.45, 7) is 1.83. The number of anilines is 1. The molecular formula is C23H19N3O4S. The van der Waals surface area contributed by atoms with E-state index >= 15 is 0 Å². The van der Waals surface area contributed by atoms with E-state index in [0.717, 1.165) is 22.1 Å². The highest BCUT2D eigenvalue weighted by atomic mass is 32.1. The minimum absolute atomic E-state index is 0.0214. The van der Waals surface area contributed by atoms with Crippen LogP contribution in [0.5, 0.6) is 5.75 Å². The molecule has 4 rings (SSSR count). The second kappa shape index (κ2) is 8.53. The van der Waals surface area contributed by atoms with Crippen molar-refractivity contribution < 1.29 is 14.5 Å². The lowest BCUT2D eigenvalue weighted by Crippen LogP contribution is -2.18. The van der Waals surface area contributed by atoms with Gasteiger partial charge >= 0.3 is 0 Å². The molecular weight excluding hydrogens is 414 g/mol. The van der Waals surface area contributed by atoms with E-state index in [0.29, 0.717) is 16.4 Å². The number of amides is 1. The molecule has 1 amide bonds.